The van der Waals surface area contributed by atoms with Crippen LogP contribution < -0.4 is 10.2 Å². The van der Waals surface area contributed by atoms with Crippen LogP contribution >= 0.6 is 11.6 Å². The van der Waals surface area contributed by atoms with Gasteiger partial charge in [0.1, 0.15) is 0 Å². The van der Waals surface area contributed by atoms with Gasteiger partial charge in [-0.3, -0.25) is 0 Å². The Labute approximate surface area is 123 Å². The number of benzene rings is 1. The van der Waals surface area contributed by atoms with Crippen LogP contribution in [0.1, 0.15) is 39.7 Å². The maximum absolute atomic E-state index is 6.43. The van der Waals surface area contributed by atoms with Gasteiger partial charge >= 0.3 is 0 Å². The number of nitrogens with zero attached hydrogens (tertiary/aromatic N) is 1. The first-order valence-electron chi connectivity index (χ1n) is 7.33. The van der Waals surface area contributed by atoms with Gasteiger partial charge in [0.05, 0.1) is 10.7 Å². The largest absolute Gasteiger partial charge is 0.370 e. The van der Waals surface area contributed by atoms with Gasteiger partial charge in [0.25, 0.3) is 0 Å². The van der Waals surface area contributed by atoms with Crippen LogP contribution in [-0.2, 0) is 6.54 Å². The van der Waals surface area contributed by atoms with Gasteiger partial charge in [-0.25, -0.2) is 0 Å². The summed E-state index contributed by atoms with van der Waals surface area (Å²) in [5, 5.41) is 4.33. The van der Waals surface area contributed by atoms with Gasteiger partial charge in [-0.2, -0.15) is 0 Å². The lowest BCUT2D eigenvalue weighted by Gasteiger charge is -2.28. The summed E-state index contributed by atoms with van der Waals surface area (Å²) < 4.78 is 0. The van der Waals surface area contributed by atoms with Crippen LogP contribution in [0.3, 0.4) is 0 Å². The zero-order chi connectivity index (χ0) is 14.3. The number of para-hydroxylation sites is 1. The van der Waals surface area contributed by atoms with E-state index in [-0.39, 0.29) is 0 Å². The fourth-order valence-electron chi connectivity index (χ4n) is 2.28. The van der Waals surface area contributed by atoms with Gasteiger partial charge in [-0.15, -0.1) is 0 Å². The summed E-state index contributed by atoms with van der Waals surface area (Å²) in [4.78, 5) is 2.38. The van der Waals surface area contributed by atoms with Crippen LogP contribution in [0.25, 0.3) is 0 Å². The predicted octanol–water partition coefficient (Wildman–Crippen LogP) is 4.32. The molecule has 19 heavy (non-hydrogen) atoms. The molecule has 0 saturated carbocycles. The molecule has 0 aliphatic carbocycles. The number of nitrogens with one attached hydrogen (secondary N) is 1. The Morgan fingerprint density at radius 3 is 2.58 bits per heavy atom. The second-order valence-electron chi connectivity index (χ2n) is 5.36. The molecule has 0 bridgehead atoms. The third kappa shape index (κ3) is 5.04. The van der Waals surface area contributed by atoms with Gasteiger partial charge < -0.3 is 10.2 Å². The summed E-state index contributed by atoms with van der Waals surface area (Å²) in [5.74, 6) is 0.632. The third-order valence-electron chi connectivity index (χ3n) is 3.10. The molecule has 0 heterocycles. The van der Waals surface area contributed by atoms with Crippen molar-refractivity contribution >= 4 is 17.3 Å². The molecular weight excluding hydrogens is 256 g/mol. The van der Waals surface area contributed by atoms with Gasteiger partial charge in [0.2, 0.25) is 0 Å². The van der Waals surface area contributed by atoms with Crippen molar-refractivity contribution in [3.63, 3.8) is 0 Å². The zero-order valence-electron chi connectivity index (χ0n) is 12.7. The molecule has 1 N–H and O–H groups in total. The summed E-state index contributed by atoms with van der Waals surface area (Å²) in [6.07, 6.45) is 1.15. The molecule has 0 spiro atoms. The highest BCUT2D eigenvalue weighted by Crippen LogP contribution is 2.30. The SMILES string of the molecule is CCCNCc1cccc(Cl)c1N(CC)CC(C)C. The van der Waals surface area contributed by atoms with E-state index in [9.17, 15) is 0 Å². The second-order valence-corrected chi connectivity index (χ2v) is 5.76. The van der Waals surface area contributed by atoms with Crippen molar-refractivity contribution in [2.45, 2.75) is 40.7 Å². The minimum absolute atomic E-state index is 0.632. The van der Waals surface area contributed by atoms with E-state index in [1.54, 1.807) is 0 Å². The summed E-state index contributed by atoms with van der Waals surface area (Å²) in [5.41, 5.74) is 2.49. The lowest BCUT2D eigenvalue weighted by molar-refractivity contribution is 0.613. The number of rotatable bonds is 8. The van der Waals surface area contributed by atoms with Crippen molar-refractivity contribution in [1.82, 2.24) is 5.32 Å². The van der Waals surface area contributed by atoms with Crippen LogP contribution in [-0.4, -0.2) is 19.6 Å². The van der Waals surface area contributed by atoms with Crippen molar-refractivity contribution in [3.05, 3.63) is 28.8 Å². The van der Waals surface area contributed by atoms with Crippen LogP contribution in [0.4, 0.5) is 5.69 Å². The van der Waals surface area contributed by atoms with E-state index in [0.29, 0.717) is 5.92 Å². The normalized spacial score (nSPS) is 11.1. The molecule has 3 heteroatoms. The summed E-state index contributed by atoms with van der Waals surface area (Å²) in [6, 6.07) is 6.20. The molecule has 1 aromatic carbocycles. The fourth-order valence-corrected chi connectivity index (χ4v) is 2.59. The van der Waals surface area contributed by atoms with Gasteiger partial charge in [-0.05, 0) is 37.4 Å². The zero-order valence-corrected chi connectivity index (χ0v) is 13.4. The molecule has 1 aromatic rings. The smallest absolute Gasteiger partial charge is 0.0642 e. The van der Waals surface area contributed by atoms with Crippen molar-refractivity contribution in [3.8, 4) is 0 Å². The molecule has 0 aliphatic heterocycles. The van der Waals surface area contributed by atoms with E-state index in [2.05, 4.69) is 44.0 Å². The Morgan fingerprint density at radius 1 is 1.26 bits per heavy atom. The molecule has 0 radical (unpaired) electrons. The molecule has 0 fully saturated rings. The minimum atomic E-state index is 0.632. The van der Waals surface area contributed by atoms with Gasteiger partial charge in [-0.1, -0.05) is 44.5 Å². The standard InChI is InChI=1S/C16H27ClN2/c1-5-10-18-11-14-8-7-9-15(17)16(14)19(6-2)12-13(3)4/h7-9,13,18H,5-6,10-12H2,1-4H3. The predicted molar refractivity (Wildman–Crippen MR) is 86.2 cm³/mol. The van der Waals surface area contributed by atoms with E-state index in [1.165, 1.54) is 11.3 Å². The van der Waals surface area contributed by atoms with Crippen LogP contribution in [0.2, 0.25) is 5.02 Å². The molecule has 0 unspecified atom stereocenters. The Bertz CT molecular complexity index is 377. The van der Waals surface area contributed by atoms with Crippen LogP contribution in [0.15, 0.2) is 18.2 Å². The first kappa shape index (κ1) is 16.3. The molecule has 0 aromatic heterocycles. The highest BCUT2D eigenvalue weighted by atomic mass is 35.5. The van der Waals surface area contributed by atoms with E-state index in [1.807, 2.05) is 12.1 Å². The van der Waals surface area contributed by atoms with Crippen molar-refractivity contribution in [1.29, 1.82) is 0 Å². The number of hydrogen-bond acceptors (Lipinski definition) is 2. The summed E-state index contributed by atoms with van der Waals surface area (Å²) >= 11 is 6.43. The Balaban J connectivity index is 2.94. The highest BCUT2D eigenvalue weighted by Gasteiger charge is 2.14. The lowest BCUT2D eigenvalue weighted by Crippen LogP contribution is -2.29. The number of anilines is 1. The quantitative estimate of drug-likeness (QED) is 0.714. The topological polar surface area (TPSA) is 15.3 Å². The fraction of sp³-hybridized carbons (Fsp3) is 0.625. The van der Waals surface area contributed by atoms with Crippen LogP contribution in [0.5, 0.6) is 0 Å². The van der Waals surface area contributed by atoms with E-state index >= 15 is 0 Å². The lowest BCUT2D eigenvalue weighted by atomic mass is 10.1. The third-order valence-corrected chi connectivity index (χ3v) is 3.40. The first-order valence-corrected chi connectivity index (χ1v) is 7.70. The molecule has 0 saturated heterocycles. The van der Waals surface area contributed by atoms with E-state index in [4.69, 9.17) is 11.6 Å². The van der Waals surface area contributed by atoms with Crippen molar-refractivity contribution in [2.24, 2.45) is 5.92 Å². The molecule has 0 aliphatic rings. The molecule has 1 rings (SSSR count). The Morgan fingerprint density at radius 2 is 2.00 bits per heavy atom. The molecule has 108 valence electrons. The van der Waals surface area contributed by atoms with Crippen LogP contribution in [0, 0.1) is 5.92 Å². The molecule has 0 amide bonds. The second kappa shape index (κ2) is 8.44. The molecule has 0 atom stereocenters. The van der Waals surface area contributed by atoms with Crippen molar-refractivity contribution in [2.75, 3.05) is 24.5 Å². The number of hydrogen-bond donors (Lipinski definition) is 1. The maximum Gasteiger partial charge on any atom is 0.0642 e. The van der Waals surface area contributed by atoms with E-state index in [0.717, 1.165) is 37.6 Å². The molecule has 2 nitrogen and oxygen atoms in total. The summed E-state index contributed by atoms with van der Waals surface area (Å²) in [6.45, 7) is 12.8. The average molecular weight is 283 g/mol. The first-order chi connectivity index (χ1) is 9.10. The van der Waals surface area contributed by atoms with Gasteiger partial charge in [0, 0.05) is 19.6 Å². The van der Waals surface area contributed by atoms with Crippen molar-refractivity contribution < 1.29 is 0 Å². The Hall–Kier alpha value is -0.730. The summed E-state index contributed by atoms with van der Waals surface area (Å²) in [7, 11) is 0. The Kier molecular flexibility index (Phi) is 7.25. The minimum Gasteiger partial charge on any atom is -0.370 e. The maximum atomic E-state index is 6.43. The molecular formula is C16H27ClN2. The highest BCUT2D eigenvalue weighted by molar-refractivity contribution is 6.33. The van der Waals surface area contributed by atoms with E-state index < -0.39 is 0 Å². The monoisotopic (exact) mass is 282 g/mol. The van der Waals surface area contributed by atoms with Gasteiger partial charge in [0.15, 0.2) is 0 Å². The average Bonchev–Trinajstić information content (AvgIpc) is 2.37. The number of halogens is 1.